The van der Waals surface area contributed by atoms with Gasteiger partial charge in [0.15, 0.2) is 0 Å². The molecule has 1 aliphatic heterocycles. The Bertz CT molecular complexity index is 170. The summed E-state index contributed by atoms with van der Waals surface area (Å²) in [5, 5.41) is 2.89. The third-order valence-electron chi connectivity index (χ3n) is 2.67. The predicted molar refractivity (Wildman–Crippen MR) is 53.6 cm³/mol. The number of nitrogens with zero attached hydrogens (tertiary/aromatic N) is 1. The van der Waals surface area contributed by atoms with Gasteiger partial charge in [-0.2, -0.15) is 0 Å². The highest BCUT2D eigenvalue weighted by Gasteiger charge is 2.23. The van der Waals surface area contributed by atoms with E-state index in [4.69, 9.17) is 0 Å². The third kappa shape index (κ3) is 2.99. The largest absolute Gasteiger partial charge is 0.355 e. The summed E-state index contributed by atoms with van der Waals surface area (Å²) in [4.78, 5) is 13.8. The number of likely N-dealkylation sites (N-methyl/N-ethyl adjacent to an activating group) is 2. The fourth-order valence-electron chi connectivity index (χ4n) is 1.88. The zero-order valence-electron chi connectivity index (χ0n) is 8.68. The van der Waals surface area contributed by atoms with Gasteiger partial charge in [0.25, 0.3) is 0 Å². The Morgan fingerprint density at radius 2 is 2.23 bits per heavy atom. The van der Waals surface area contributed by atoms with Crippen LogP contribution in [0.4, 0.5) is 0 Å². The Balaban J connectivity index is 2.48. The van der Waals surface area contributed by atoms with Crippen molar-refractivity contribution in [2.24, 2.45) is 0 Å². The maximum Gasteiger partial charge on any atom is 0.237 e. The van der Waals surface area contributed by atoms with E-state index < -0.39 is 0 Å². The molecule has 13 heavy (non-hydrogen) atoms. The number of carbonyl (C=O) groups excluding carboxylic acids is 1. The van der Waals surface area contributed by atoms with Crippen LogP contribution < -0.4 is 5.32 Å². The van der Waals surface area contributed by atoms with Gasteiger partial charge < -0.3 is 5.32 Å². The molecule has 1 atom stereocenters. The molecule has 0 spiro atoms. The minimum absolute atomic E-state index is 0.113. The smallest absolute Gasteiger partial charge is 0.237 e. The Morgan fingerprint density at radius 1 is 1.46 bits per heavy atom. The highest BCUT2D eigenvalue weighted by Crippen LogP contribution is 2.14. The van der Waals surface area contributed by atoms with Crippen molar-refractivity contribution in [1.29, 1.82) is 0 Å². The topological polar surface area (TPSA) is 32.3 Å². The van der Waals surface area contributed by atoms with Crippen LogP contribution in [0.3, 0.4) is 0 Å². The molecule has 0 aromatic rings. The van der Waals surface area contributed by atoms with E-state index in [1.807, 2.05) is 14.0 Å². The van der Waals surface area contributed by atoms with Crippen LogP contribution in [-0.2, 0) is 4.79 Å². The summed E-state index contributed by atoms with van der Waals surface area (Å²) in [6, 6.07) is 0.113. The molecule has 3 nitrogen and oxygen atoms in total. The van der Waals surface area contributed by atoms with Gasteiger partial charge >= 0.3 is 0 Å². The van der Waals surface area contributed by atoms with Crippen LogP contribution in [0.5, 0.6) is 0 Å². The van der Waals surface area contributed by atoms with Crippen molar-refractivity contribution in [2.75, 3.05) is 20.1 Å². The van der Waals surface area contributed by atoms with Gasteiger partial charge in [0.1, 0.15) is 0 Å². The first-order valence-electron chi connectivity index (χ1n) is 5.23. The van der Waals surface area contributed by atoms with Crippen molar-refractivity contribution >= 4 is 5.91 Å². The van der Waals surface area contributed by atoms with Crippen LogP contribution >= 0.6 is 0 Å². The highest BCUT2D eigenvalue weighted by atomic mass is 16.2. The van der Waals surface area contributed by atoms with E-state index in [1.165, 1.54) is 19.3 Å². The molecule has 0 aromatic heterocycles. The van der Waals surface area contributed by atoms with E-state index in [0.29, 0.717) is 0 Å². The highest BCUT2D eigenvalue weighted by molar-refractivity contribution is 5.81. The number of nitrogens with one attached hydrogen (secondary N) is 1. The number of rotatable bonds is 2. The predicted octanol–water partition coefficient (Wildman–Crippen LogP) is 0.997. The van der Waals surface area contributed by atoms with E-state index in [9.17, 15) is 4.79 Å². The number of hydrogen-bond donors (Lipinski definition) is 1. The maximum atomic E-state index is 11.6. The average molecular weight is 184 g/mol. The second-order valence-corrected chi connectivity index (χ2v) is 3.74. The first kappa shape index (κ1) is 10.5. The van der Waals surface area contributed by atoms with E-state index in [2.05, 4.69) is 10.2 Å². The molecule has 3 heteroatoms. The molecule has 1 unspecified atom stereocenters. The molecule has 0 aromatic carbocycles. The van der Waals surface area contributed by atoms with Gasteiger partial charge in [-0.25, -0.2) is 0 Å². The summed E-state index contributed by atoms with van der Waals surface area (Å²) < 4.78 is 0. The monoisotopic (exact) mass is 184 g/mol. The van der Waals surface area contributed by atoms with Crippen LogP contribution in [0.15, 0.2) is 0 Å². The Kier molecular flexibility index (Phi) is 4.22. The first-order valence-corrected chi connectivity index (χ1v) is 5.23. The van der Waals surface area contributed by atoms with Crippen molar-refractivity contribution < 1.29 is 4.79 Å². The second kappa shape index (κ2) is 5.22. The van der Waals surface area contributed by atoms with Crippen molar-refractivity contribution in [3.8, 4) is 0 Å². The molecular weight excluding hydrogens is 164 g/mol. The molecule has 1 aliphatic rings. The van der Waals surface area contributed by atoms with Gasteiger partial charge in [-0.1, -0.05) is 12.8 Å². The van der Waals surface area contributed by atoms with Crippen LogP contribution in [0.25, 0.3) is 0 Å². The zero-order valence-corrected chi connectivity index (χ0v) is 8.68. The lowest BCUT2D eigenvalue weighted by molar-refractivity contribution is -0.125. The maximum absolute atomic E-state index is 11.6. The minimum atomic E-state index is 0.113. The third-order valence-corrected chi connectivity index (χ3v) is 2.67. The Hall–Kier alpha value is -0.570. The van der Waals surface area contributed by atoms with Gasteiger partial charge in [-0.15, -0.1) is 0 Å². The molecule has 1 fully saturated rings. The lowest BCUT2D eigenvalue weighted by Crippen LogP contribution is -2.44. The first-order chi connectivity index (χ1) is 6.25. The Morgan fingerprint density at radius 3 is 2.92 bits per heavy atom. The van der Waals surface area contributed by atoms with Crippen LogP contribution in [0.2, 0.25) is 0 Å². The fourth-order valence-corrected chi connectivity index (χ4v) is 1.88. The molecule has 1 N–H and O–H groups in total. The van der Waals surface area contributed by atoms with Gasteiger partial charge in [0, 0.05) is 6.54 Å². The van der Waals surface area contributed by atoms with Gasteiger partial charge in [-0.05, 0) is 33.4 Å². The molecule has 0 bridgehead atoms. The fraction of sp³-hybridized carbons (Fsp3) is 0.900. The van der Waals surface area contributed by atoms with Gasteiger partial charge in [0.2, 0.25) is 5.91 Å². The van der Waals surface area contributed by atoms with Gasteiger partial charge in [0.05, 0.1) is 6.04 Å². The molecule has 1 saturated heterocycles. The molecule has 76 valence electrons. The quantitative estimate of drug-likeness (QED) is 0.694. The van der Waals surface area contributed by atoms with E-state index in [0.717, 1.165) is 19.5 Å². The lowest BCUT2D eigenvalue weighted by Gasteiger charge is -2.24. The average Bonchev–Trinajstić information content (AvgIpc) is 2.30. The summed E-state index contributed by atoms with van der Waals surface area (Å²) in [7, 11) is 2.05. The number of hydrogen-bond acceptors (Lipinski definition) is 2. The molecule has 1 rings (SSSR count). The molecule has 1 heterocycles. The second-order valence-electron chi connectivity index (χ2n) is 3.74. The molecular formula is C10H20N2O. The molecule has 0 radical (unpaired) electrons. The SMILES string of the molecule is CCNC(=O)C1CCCCCN1C. The summed E-state index contributed by atoms with van der Waals surface area (Å²) in [6.45, 7) is 3.76. The van der Waals surface area contributed by atoms with E-state index in [-0.39, 0.29) is 11.9 Å². The zero-order chi connectivity index (χ0) is 9.68. The Labute approximate surface area is 80.5 Å². The summed E-state index contributed by atoms with van der Waals surface area (Å²) in [6.07, 6.45) is 4.70. The molecule has 0 saturated carbocycles. The summed E-state index contributed by atoms with van der Waals surface area (Å²) in [5.74, 6) is 0.201. The molecule has 1 amide bonds. The van der Waals surface area contributed by atoms with E-state index >= 15 is 0 Å². The summed E-state index contributed by atoms with van der Waals surface area (Å²) >= 11 is 0. The standard InChI is InChI=1S/C10H20N2O/c1-3-11-10(13)9-7-5-4-6-8-12(9)2/h9H,3-8H2,1-2H3,(H,11,13). The number of amides is 1. The number of carbonyl (C=O) groups is 1. The number of likely N-dealkylation sites (tertiary alicyclic amines) is 1. The lowest BCUT2D eigenvalue weighted by atomic mass is 10.1. The van der Waals surface area contributed by atoms with Crippen LogP contribution in [-0.4, -0.2) is 37.0 Å². The molecule has 0 aliphatic carbocycles. The van der Waals surface area contributed by atoms with Crippen LogP contribution in [0.1, 0.15) is 32.6 Å². The van der Waals surface area contributed by atoms with Gasteiger partial charge in [-0.3, -0.25) is 9.69 Å². The minimum Gasteiger partial charge on any atom is -0.355 e. The van der Waals surface area contributed by atoms with Crippen molar-refractivity contribution in [3.05, 3.63) is 0 Å². The normalized spacial score (nSPS) is 25.2. The summed E-state index contributed by atoms with van der Waals surface area (Å²) in [5.41, 5.74) is 0. The van der Waals surface area contributed by atoms with Crippen molar-refractivity contribution in [1.82, 2.24) is 10.2 Å². The van der Waals surface area contributed by atoms with Crippen LogP contribution in [0, 0.1) is 0 Å². The van der Waals surface area contributed by atoms with E-state index in [1.54, 1.807) is 0 Å². The van der Waals surface area contributed by atoms with Crippen molar-refractivity contribution in [2.45, 2.75) is 38.6 Å². The van der Waals surface area contributed by atoms with Crippen molar-refractivity contribution in [3.63, 3.8) is 0 Å².